The third-order valence-corrected chi connectivity index (χ3v) is 3.63. The van der Waals surface area contributed by atoms with Gasteiger partial charge in [-0.1, -0.05) is 0 Å². The molecule has 1 aliphatic rings. The Morgan fingerprint density at radius 1 is 1.36 bits per heavy atom. The first-order valence-electron chi connectivity index (χ1n) is 7.84. The van der Waals surface area contributed by atoms with Crippen LogP contribution in [0.25, 0.3) is 0 Å². The van der Waals surface area contributed by atoms with Gasteiger partial charge in [0, 0.05) is 32.5 Å². The molecule has 1 saturated heterocycles. The number of hydrogen-bond acceptors (Lipinski definition) is 5. The summed E-state index contributed by atoms with van der Waals surface area (Å²) in [5.74, 6) is 0.678. The maximum Gasteiger partial charge on any atom is 0.410 e. The third kappa shape index (κ3) is 4.58. The van der Waals surface area contributed by atoms with Crippen molar-refractivity contribution in [1.82, 2.24) is 14.9 Å². The lowest BCUT2D eigenvalue weighted by Gasteiger charge is -2.38. The number of carbonyl (C=O) groups is 1. The summed E-state index contributed by atoms with van der Waals surface area (Å²) >= 11 is 0. The lowest BCUT2D eigenvalue weighted by Crippen LogP contribution is -2.50. The minimum atomic E-state index is -0.465. The number of rotatable bonds is 3. The Labute approximate surface area is 132 Å². The molecule has 0 unspecified atom stereocenters. The summed E-state index contributed by atoms with van der Waals surface area (Å²) in [4.78, 5) is 24.8. The van der Waals surface area contributed by atoms with Gasteiger partial charge < -0.3 is 14.5 Å². The summed E-state index contributed by atoms with van der Waals surface area (Å²) in [6.45, 7) is 7.15. The molecule has 2 heterocycles. The van der Waals surface area contributed by atoms with E-state index in [2.05, 4.69) is 9.97 Å². The molecule has 22 heavy (non-hydrogen) atoms. The molecule has 0 radical (unpaired) electrons. The molecule has 0 aliphatic carbocycles. The fraction of sp³-hybridized carbons (Fsp3) is 0.688. The number of aromatic nitrogens is 2. The van der Waals surface area contributed by atoms with Gasteiger partial charge in [0.25, 0.3) is 0 Å². The molecule has 1 amide bonds. The normalized spacial score (nSPS) is 18.9. The Hall–Kier alpha value is -1.85. The summed E-state index contributed by atoms with van der Waals surface area (Å²) in [6.07, 6.45) is 6.38. The Kier molecular flexibility index (Phi) is 5.21. The lowest BCUT2D eigenvalue weighted by atomic mass is 10.0. The first-order chi connectivity index (χ1) is 10.4. The fourth-order valence-electron chi connectivity index (χ4n) is 2.64. The minimum Gasteiger partial charge on any atom is -0.444 e. The second-order valence-corrected chi connectivity index (χ2v) is 6.75. The van der Waals surface area contributed by atoms with E-state index in [1.54, 1.807) is 18.5 Å². The average Bonchev–Trinajstić information content (AvgIpc) is 2.47. The Morgan fingerprint density at radius 3 is 2.68 bits per heavy atom. The fourth-order valence-corrected chi connectivity index (χ4v) is 2.64. The van der Waals surface area contributed by atoms with Crippen molar-refractivity contribution in [3.8, 4) is 0 Å². The van der Waals surface area contributed by atoms with E-state index in [0.717, 1.165) is 25.8 Å². The number of likely N-dealkylation sites (tertiary alicyclic amines) is 1. The van der Waals surface area contributed by atoms with Crippen molar-refractivity contribution in [2.45, 2.75) is 51.7 Å². The van der Waals surface area contributed by atoms with Crippen LogP contribution in [0.3, 0.4) is 0 Å². The largest absolute Gasteiger partial charge is 0.444 e. The quantitative estimate of drug-likeness (QED) is 0.859. The number of hydrogen-bond donors (Lipinski definition) is 0. The first-order valence-corrected chi connectivity index (χ1v) is 7.84. The van der Waals surface area contributed by atoms with Gasteiger partial charge in [0.1, 0.15) is 5.60 Å². The van der Waals surface area contributed by atoms with Gasteiger partial charge in [-0.2, -0.15) is 0 Å². The lowest BCUT2D eigenvalue weighted by molar-refractivity contribution is 0.0108. The van der Waals surface area contributed by atoms with Crippen LogP contribution in [0.5, 0.6) is 0 Å². The smallest absolute Gasteiger partial charge is 0.410 e. The SMILES string of the molecule is CN(C[C@@H]1CCCCN1C(=O)OC(C)(C)C)c1ncccn1. The molecule has 6 heteroatoms. The predicted octanol–water partition coefficient (Wildman–Crippen LogP) is 2.70. The third-order valence-electron chi connectivity index (χ3n) is 3.63. The molecule has 1 aliphatic heterocycles. The van der Waals surface area contributed by atoms with Gasteiger partial charge >= 0.3 is 6.09 Å². The molecule has 1 aromatic rings. The molecule has 1 fully saturated rings. The van der Waals surface area contributed by atoms with E-state index in [9.17, 15) is 4.79 Å². The van der Waals surface area contributed by atoms with Crippen molar-refractivity contribution in [1.29, 1.82) is 0 Å². The van der Waals surface area contributed by atoms with Gasteiger partial charge in [0.05, 0.1) is 6.04 Å². The molecule has 0 bridgehead atoms. The highest BCUT2D eigenvalue weighted by Crippen LogP contribution is 2.21. The number of amides is 1. The molecule has 2 rings (SSSR count). The molecule has 122 valence electrons. The van der Waals surface area contributed by atoms with E-state index >= 15 is 0 Å². The maximum atomic E-state index is 12.4. The van der Waals surface area contributed by atoms with Crippen molar-refractivity contribution in [3.63, 3.8) is 0 Å². The molecule has 1 atom stereocenters. The van der Waals surface area contributed by atoms with Gasteiger partial charge in [-0.15, -0.1) is 0 Å². The van der Waals surface area contributed by atoms with Gasteiger partial charge in [0.15, 0.2) is 0 Å². The van der Waals surface area contributed by atoms with E-state index in [4.69, 9.17) is 4.74 Å². The molecule has 1 aromatic heterocycles. The molecular formula is C16H26N4O2. The molecular weight excluding hydrogens is 280 g/mol. The monoisotopic (exact) mass is 306 g/mol. The number of carbonyl (C=O) groups excluding carboxylic acids is 1. The molecule has 0 saturated carbocycles. The minimum absolute atomic E-state index is 0.136. The van der Waals surface area contributed by atoms with Gasteiger partial charge in [0.2, 0.25) is 5.95 Å². The van der Waals surface area contributed by atoms with E-state index in [1.807, 2.05) is 37.6 Å². The van der Waals surface area contributed by atoms with Crippen LogP contribution < -0.4 is 4.90 Å². The van der Waals surface area contributed by atoms with Gasteiger partial charge in [-0.05, 0) is 46.1 Å². The van der Waals surface area contributed by atoms with E-state index in [1.165, 1.54) is 0 Å². The zero-order valence-electron chi connectivity index (χ0n) is 14.0. The highest BCUT2D eigenvalue weighted by atomic mass is 16.6. The van der Waals surface area contributed by atoms with Crippen molar-refractivity contribution < 1.29 is 9.53 Å². The van der Waals surface area contributed by atoms with Gasteiger partial charge in [-0.25, -0.2) is 14.8 Å². The number of piperidine rings is 1. The second-order valence-electron chi connectivity index (χ2n) is 6.75. The standard InChI is InChI=1S/C16H26N4O2/c1-16(2,3)22-15(21)20-11-6-5-8-13(20)12-19(4)14-17-9-7-10-18-14/h7,9-10,13H,5-6,8,11-12H2,1-4H3/t13-/m0/s1. The predicted molar refractivity (Wildman–Crippen MR) is 85.9 cm³/mol. The Bertz CT molecular complexity index is 487. The molecule has 0 aromatic carbocycles. The van der Waals surface area contributed by atoms with Crippen molar-refractivity contribution >= 4 is 12.0 Å². The number of nitrogens with zero attached hydrogens (tertiary/aromatic N) is 4. The van der Waals surface area contributed by atoms with Crippen molar-refractivity contribution in [2.75, 3.05) is 25.0 Å². The summed E-state index contributed by atoms with van der Waals surface area (Å²) in [7, 11) is 1.96. The highest BCUT2D eigenvalue weighted by Gasteiger charge is 2.31. The zero-order chi connectivity index (χ0) is 16.2. The van der Waals surface area contributed by atoms with Crippen LogP contribution in [0.1, 0.15) is 40.0 Å². The Morgan fingerprint density at radius 2 is 2.05 bits per heavy atom. The molecule has 0 spiro atoms. The summed E-state index contributed by atoms with van der Waals surface area (Å²) in [5, 5.41) is 0. The highest BCUT2D eigenvalue weighted by molar-refractivity contribution is 5.68. The molecule has 6 nitrogen and oxygen atoms in total. The van der Waals surface area contributed by atoms with Crippen LogP contribution in [-0.2, 0) is 4.74 Å². The first kappa shape index (κ1) is 16.5. The van der Waals surface area contributed by atoms with E-state index in [0.29, 0.717) is 12.5 Å². The van der Waals surface area contributed by atoms with Crippen molar-refractivity contribution in [2.24, 2.45) is 0 Å². The maximum absolute atomic E-state index is 12.4. The second kappa shape index (κ2) is 6.94. The summed E-state index contributed by atoms with van der Waals surface area (Å²) in [6, 6.07) is 1.93. The van der Waals surface area contributed by atoms with Crippen LogP contribution in [0.2, 0.25) is 0 Å². The van der Waals surface area contributed by atoms with Crippen LogP contribution in [0, 0.1) is 0 Å². The summed E-state index contributed by atoms with van der Waals surface area (Å²) in [5.41, 5.74) is -0.465. The van der Waals surface area contributed by atoms with Crippen LogP contribution in [0.4, 0.5) is 10.7 Å². The van der Waals surface area contributed by atoms with E-state index < -0.39 is 5.60 Å². The van der Waals surface area contributed by atoms with Crippen LogP contribution >= 0.6 is 0 Å². The van der Waals surface area contributed by atoms with Crippen LogP contribution in [-0.4, -0.2) is 52.7 Å². The summed E-state index contributed by atoms with van der Waals surface area (Å²) < 4.78 is 5.53. The number of likely N-dealkylation sites (N-methyl/N-ethyl adjacent to an activating group) is 1. The van der Waals surface area contributed by atoms with Crippen molar-refractivity contribution in [3.05, 3.63) is 18.5 Å². The van der Waals surface area contributed by atoms with Gasteiger partial charge in [-0.3, -0.25) is 0 Å². The zero-order valence-corrected chi connectivity index (χ0v) is 14.0. The molecule has 0 N–H and O–H groups in total. The van der Waals surface area contributed by atoms with E-state index in [-0.39, 0.29) is 12.1 Å². The number of anilines is 1. The van der Waals surface area contributed by atoms with Crippen LogP contribution in [0.15, 0.2) is 18.5 Å². The Balaban J connectivity index is 2.02. The average molecular weight is 306 g/mol. The topological polar surface area (TPSA) is 58.6 Å². The number of ether oxygens (including phenoxy) is 1.